The molecule has 2 saturated heterocycles. The molecule has 1 unspecified atom stereocenters. The molecule has 0 radical (unpaired) electrons. The molecule has 14 heteroatoms. The lowest BCUT2D eigenvalue weighted by molar-refractivity contribution is 0.00692. The van der Waals surface area contributed by atoms with E-state index >= 15 is 0 Å². The number of fused-ring (bicyclic) bond motifs is 2. The Balaban J connectivity index is 1.27. The number of carboxylic acids is 1. The summed E-state index contributed by atoms with van der Waals surface area (Å²) in [4.78, 5) is 16.6. The van der Waals surface area contributed by atoms with Crippen LogP contribution in [0.1, 0.15) is 31.1 Å². The summed E-state index contributed by atoms with van der Waals surface area (Å²) in [7, 11) is -1.83. The Hall–Kier alpha value is -3.28. The Kier molecular flexibility index (Phi) is 12.0. The van der Waals surface area contributed by atoms with Crippen molar-refractivity contribution in [1.29, 1.82) is 0 Å². The van der Waals surface area contributed by atoms with Crippen LogP contribution in [0.25, 0.3) is 33.3 Å². The molecule has 0 aliphatic carbocycles. The maximum absolute atomic E-state index is 11.6. The third-order valence-electron chi connectivity index (χ3n) is 10.6. The zero-order valence-electron chi connectivity index (χ0n) is 32.7. The number of carbonyl (C=O) groups is 1. The van der Waals surface area contributed by atoms with Crippen molar-refractivity contribution in [2.75, 3.05) is 33.7 Å². The fourth-order valence-corrected chi connectivity index (χ4v) is 8.72. The van der Waals surface area contributed by atoms with E-state index in [0.717, 1.165) is 33.8 Å². The molecular weight excluding hydrogens is 744 g/mol. The summed E-state index contributed by atoms with van der Waals surface area (Å²) in [6, 6.07) is 18.0. The summed E-state index contributed by atoms with van der Waals surface area (Å²) in [5, 5.41) is 10.1. The highest BCUT2D eigenvalue weighted by atomic mass is 35.5. The molecule has 1 N–H and O–H groups in total. The molecule has 1 aromatic heterocycles. The van der Waals surface area contributed by atoms with E-state index in [4.69, 9.17) is 49.4 Å². The van der Waals surface area contributed by atoms with E-state index in [9.17, 15) is 9.90 Å². The first kappa shape index (κ1) is 40.4. The molecule has 292 valence electrons. The second kappa shape index (κ2) is 16.1. The summed E-state index contributed by atoms with van der Waals surface area (Å²) in [6.45, 7) is 19.9. The lowest BCUT2D eigenvalue weighted by Gasteiger charge is -2.39. The Morgan fingerprint density at radius 1 is 0.944 bits per heavy atom. The van der Waals surface area contributed by atoms with Crippen molar-refractivity contribution >= 4 is 45.0 Å². The number of halogens is 1. The number of nitrogens with zero attached hydrogens (tertiary/aromatic N) is 2. The SMILES string of the molecule is COCOc1cc(C(=O)O)ccc1-c1ccc(-c2cc3nc(O[C@@H]4CO[C@@H]5C(O[Si](C)(C)C(C)(C)C)CO[C@@H]54)n(COCC[Si](C)(C)C)c3cc2Cl)cc1. The molecule has 0 spiro atoms. The third kappa shape index (κ3) is 8.89. The van der Waals surface area contributed by atoms with Gasteiger partial charge in [-0.25, -0.2) is 4.79 Å². The molecule has 0 bridgehead atoms. The molecule has 54 heavy (non-hydrogen) atoms. The van der Waals surface area contributed by atoms with Crippen molar-refractivity contribution in [3.8, 4) is 34.0 Å². The first-order valence-corrected chi connectivity index (χ1v) is 25.4. The highest BCUT2D eigenvalue weighted by Crippen LogP contribution is 2.41. The van der Waals surface area contributed by atoms with E-state index in [0.29, 0.717) is 42.1 Å². The Labute approximate surface area is 324 Å². The van der Waals surface area contributed by atoms with Gasteiger partial charge in [-0.1, -0.05) is 76.3 Å². The van der Waals surface area contributed by atoms with Gasteiger partial charge in [0.1, 0.15) is 24.7 Å². The minimum absolute atomic E-state index is 0.0142. The number of imidazole rings is 1. The average molecular weight is 797 g/mol. The first-order valence-electron chi connectivity index (χ1n) is 18.4. The van der Waals surface area contributed by atoms with Gasteiger partial charge in [0, 0.05) is 32.9 Å². The molecule has 3 heterocycles. The molecule has 0 amide bonds. The van der Waals surface area contributed by atoms with Crippen molar-refractivity contribution in [3.63, 3.8) is 0 Å². The summed E-state index contributed by atoms with van der Waals surface area (Å²) in [6.07, 6.45) is -1.00. The average Bonchev–Trinajstić information content (AvgIpc) is 3.79. The second-order valence-electron chi connectivity index (χ2n) is 16.8. The normalized spacial score (nSPS) is 20.4. The lowest BCUT2D eigenvalue weighted by Crippen LogP contribution is -2.47. The number of hydrogen-bond acceptors (Lipinski definition) is 9. The van der Waals surface area contributed by atoms with Crippen molar-refractivity contribution in [2.45, 2.75) is 95.7 Å². The number of rotatable bonds is 15. The van der Waals surface area contributed by atoms with Crippen LogP contribution >= 0.6 is 11.6 Å². The van der Waals surface area contributed by atoms with Crippen LogP contribution in [0.15, 0.2) is 54.6 Å². The summed E-state index contributed by atoms with van der Waals surface area (Å²) in [5.41, 5.74) is 4.90. The number of aromatic nitrogens is 2. The Bertz CT molecular complexity index is 1960. The van der Waals surface area contributed by atoms with Gasteiger partial charge in [0.25, 0.3) is 6.01 Å². The van der Waals surface area contributed by atoms with Crippen molar-refractivity contribution in [3.05, 3.63) is 65.2 Å². The minimum atomic E-state index is -2.04. The molecule has 2 aliphatic rings. The zero-order valence-corrected chi connectivity index (χ0v) is 35.5. The molecule has 6 rings (SSSR count). The molecule has 4 aromatic rings. The van der Waals surface area contributed by atoms with Crippen LogP contribution < -0.4 is 9.47 Å². The third-order valence-corrected chi connectivity index (χ3v) is 17.1. The first-order chi connectivity index (χ1) is 25.5. The lowest BCUT2D eigenvalue weighted by atomic mass is 9.98. The summed E-state index contributed by atoms with van der Waals surface area (Å²) < 4.78 is 44.9. The van der Waals surface area contributed by atoms with Gasteiger partial charge in [0.15, 0.2) is 21.2 Å². The number of benzene rings is 3. The van der Waals surface area contributed by atoms with E-state index in [1.807, 2.05) is 41.0 Å². The summed E-state index contributed by atoms with van der Waals surface area (Å²) >= 11 is 7.01. The number of aromatic carboxylic acids is 1. The topological polar surface area (TPSA) is 120 Å². The van der Waals surface area contributed by atoms with E-state index in [2.05, 4.69) is 53.5 Å². The number of ether oxygens (including phenoxy) is 6. The molecule has 4 atom stereocenters. The van der Waals surface area contributed by atoms with Crippen LogP contribution in [-0.2, 0) is 30.1 Å². The smallest absolute Gasteiger partial charge is 0.335 e. The van der Waals surface area contributed by atoms with E-state index in [1.165, 1.54) is 13.2 Å². The van der Waals surface area contributed by atoms with E-state index < -0.39 is 22.4 Å². The Morgan fingerprint density at radius 3 is 2.22 bits per heavy atom. The highest BCUT2D eigenvalue weighted by molar-refractivity contribution is 6.76. The van der Waals surface area contributed by atoms with Crippen LogP contribution in [0.4, 0.5) is 0 Å². The van der Waals surface area contributed by atoms with Crippen LogP contribution in [-0.4, -0.2) is 95.2 Å². The molecule has 0 saturated carbocycles. The minimum Gasteiger partial charge on any atom is -0.478 e. The molecule has 2 aliphatic heterocycles. The number of methoxy groups -OCH3 is 1. The molecule has 3 aromatic carbocycles. The van der Waals surface area contributed by atoms with Crippen LogP contribution in [0.2, 0.25) is 48.8 Å². The van der Waals surface area contributed by atoms with Gasteiger partial charge >= 0.3 is 5.97 Å². The van der Waals surface area contributed by atoms with E-state index in [1.54, 1.807) is 12.1 Å². The fourth-order valence-electron chi connectivity index (χ4n) is 6.38. The monoisotopic (exact) mass is 796 g/mol. The molecule has 2 fully saturated rings. The summed E-state index contributed by atoms with van der Waals surface area (Å²) in [5.74, 6) is -0.624. The van der Waals surface area contributed by atoms with Crippen LogP contribution in [0, 0.1) is 0 Å². The predicted octanol–water partition coefficient (Wildman–Crippen LogP) is 8.95. The maximum Gasteiger partial charge on any atom is 0.335 e. The van der Waals surface area contributed by atoms with E-state index in [-0.39, 0.29) is 48.5 Å². The van der Waals surface area contributed by atoms with Crippen molar-refractivity contribution < 1.29 is 42.7 Å². The van der Waals surface area contributed by atoms with Gasteiger partial charge in [0.05, 0.1) is 40.9 Å². The second-order valence-corrected chi connectivity index (χ2v) is 27.6. The van der Waals surface area contributed by atoms with Gasteiger partial charge in [-0.3, -0.25) is 4.57 Å². The van der Waals surface area contributed by atoms with Gasteiger partial charge in [-0.15, -0.1) is 0 Å². The van der Waals surface area contributed by atoms with Crippen molar-refractivity contribution in [1.82, 2.24) is 9.55 Å². The van der Waals surface area contributed by atoms with Gasteiger partial charge < -0.3 is 38.0 Å². The molecular formula is C40H53ClN2O9Si2. The zero-order chi connectivity index (χ0) is 39.0. The number of hydrogen-bond donors (Lipinski definition) is 1. The van der Waals surface area contributed by atoms with Gasteiger partial charge in [-0.05, 0) is 65.6 Å². The van der Waals surface area contributed by atoms with Crippen LogP contribution in [0.3, 0.4) is 0 Å². The standard InChI is InChI=1S/C40H53ClN2O9Si2/c1-40(2,3)54(8,9)52-35-22-49-36-34(21-48-37(35)36)51-39-42-31-19-29(30(41)20-32(31)43(39)23-47-16-17-53(5,6)7)26-12-10-25(11-13-26)28-15-14-27(38(44)45)18-33(28)50-24-46-4/h10-15,18-20,34-37H,16-17,21-24H2,1-9H3,(H,44,45)/t34-,35?,36-,37-/m1/s1. The maximum atomic E-state index is 11.6. The van der Waals surface area contributed by atoms with Gasteiger partial charge in [0.2, 0.25) is 0 Å². The Morgan fingerprint density at radius 2 is 1.59 bits per heavy atom. The van der Waals surface area contributed by atoms with Crippen LogP contribution in [0.5, 0.6) is 11.8 Å². The fraction of sp³-hybridized carbons (Fsp3) is 0.500. The molecule has 11 nitrogen and oxygen atoms in total. The quantitative estimate of drug-likeness (QED) is 0.0710. The van der Waals surface area contributed by atoms with Crippen molar-refractivity contribution in [2.24, 2.45) is 0 Å². The van der Waals surface area contributed by atoms with Gasteiger partial charge in [-0.2, -0.15) is 4.98 Å². The predicted molar refractivity (Wildman–Crippen MR) is 215 cm³/mol. The highest BCUT2D eigenvalue weighted by Gasteiger charge is 2.52. The number of carboxylic acid groups (broad SMARTS) is 1. The largest absolute Gasteiger partial charge is 0.478 e.